The molecule has 0 saturated carbocycles. The van der Waals surface area contributed by atoms with Crippen molar-refractivity contribution < 1.29 is 0 Å². The number of hydrogen-bond donors (Lipinski definition) is 2. The monoisotopic (exact) mass is 196 g/mol. The molecule has 1 heterocycles. The molecule has 0 fully saturated rings. The van der Waals surface area contributed by atoms with Crippen LogP contribution < -0.4 is 11.5 Å². The van der Waals surface area contributed by atoms with Crippen molar-refractivity contribution in [1.82, 2.24) is 9.97 Å². The highest BCUT2D eigenvalue weighted by atomic mass is 35.5. The lowest BCUT2D eigenvalue weighted by molar-refractivity contribution is 1.23. The summed E-state index contributed by atoms with van der Waals surface area (Å²) in [5, 5.41) is 0.803. The first-order valence-electron chi connectivity index (χ1n) is 3.53. The van der Waals surface area contributed by atoms with Gasteiger partial charge in [0.2, 0.25) is 0 Å². The lowest BCUT2D eigenvalue weighted by atomic mass is 10.2. The summed E-state index contributed by atoms with van der Waals surface area (Å²) in [6.45, 7) is 0. The summed E-state index contributed by atoms with van der Waals surface area (Å²) in [5.74, 6) is 0.465. The van der Waals surface area contributed by atoms with Crippen LogP contribution in [0.4, 0.5) is 11.5 Å². The van der Waals surface area contributed by atoms with Gasteiger partial charge in [0.05, 0.1) is 5.52 Å². The van der Waals surface area contributed by atoms with E-state index in [1.807, 2.05) is 6.07 Å². The van der Waals surface area contributed by atoms with Crippen LogP contribution in [0.5, 0.6) is 0 Å². The number of nitrogens with zero attached hydrogens (tertiary/aromatic N) is 2. The number of nitrogen functional groups attached to an aromatic ring is 2. The van der Waals surface area contributed by atoms with Gasteiger partial charge in [0.15, 0.2) is 0 Å². The predicted molar refractivity (Wildman–Crippen MR) is 55.6 cm³/mol. The zero-order valence-corrected chi connectivity index (χ0v) is 7.58. The van der Waals surface area contributed by atoms with Crippen LogP contribution in [-0.4, -0.2) is 9.97 Å². The highest BCUT2D eigenvalue weighted by Gasteiger charge is 1.98. The summed E-state index contributed by atoms with van der Waals surface area (Å²) in [6, 6.07) is 5.38. The van der Waals surface area contributed by atoms with Crippen molar-refractivity contribution in [2.45, 2.75) is 0 Å². The van der Waals surface area contributed by atoms with Crippen LogP contribution >= 0.6 is 12.4 Å². The Hall–Kier alpha value is -1.55. The van der Waals surface area contributed by atoms with Crippen LogP contribution in [0.3, 0.4) is 0 Å². The molecule has 4 N–H and O–H groups in total. The zero-order chi connectivity index (χ0) is 8.55. The van der Waals surface area contributed by atoms with Crippen molar-refractivity contribution in [2.75, 3.05) is 11.5 Å². The van der Waals surface area contributed by atoms with Gasteiger partial charge in [-0.15, -0.1) is 12.4 Å². The van der Waals surface area contributed by atoms with E-state index in [9.17, 15) is 0 Å². The van der Waals surface area contributed by atoms with Crippen molar-refractivity contribution in [3.8, 4) is 0 Å². The van der Waals surface area contributed by atoms with E-state index >= 15 is 0 Å². The summed E-state index contributed by atoms with van der Waals surface area (Å²) in [5.41, 5.74) is 12.7. The van der Waals surface area contributed by atoms with Crippen LogP contribution in [0.15, 0.2) is 24.5 Å². The van der Waals surface area contributed by atoms with E-state index < -0.39 is 0 Å². The molecular formula is C8H9ClN4. The molecule has 0 atom stereocenters. The SMILES string of the molecule is Cl.Nc1ccc2ncnc(N)c2c1. The number of nitrogens with two attached hydrogens (primary N) is 2. The third kappa shape index (κ3) is 1.62. The van der Waals surface area contributed by atoms with Crippen LogP contribution in [0, 0.1) is 0 Å². The molecule has 68 valence electrons. The van der Waals surface area contributed by atoms with Crippen molar-refractivity contribution >= 4 is 34.8 Å². The lowest BCUT2D eigenvalue weighted by Crippen LogP contribution is -1.94. The summed E-state index contributed by atoms with van der Waals surface area (Å²) in [7, 11) is 0. The number of anilines is 2. The van der Waals surface area contributed by atoms with Gasteiger partial charge in [-0.3, -0.25) is 0 Å². The first kappa shape index (κ1) is 9.54. The molecule has 0 radical (unpaired) electrons. The maximum Gasteiger partial charge on any atom is 0.134 e. The second-order valence-electron chi connectivity index (χ2n) is 2.54. The highest BCUT2D eigenvalue weighted by molar-refractivity contribution is 5.89. The lowest BCUT2D eigenvalue weighted by Gasteiger charge is -1.99. The molecule has 13 heavy (non-hydrogen) atoms. The van der Waals surface area contributed by atoms with Gasteiger partial charge in [-0.1, -0.05) is 0 Å². The minimum atomic E-state index is 0. The van der Waals surface area contributed by atoms with Gasteiger partial charge in [-0.25, -0.2) is 9.97 Å². The topological polar surface area (TPSA) is 77.8 Å². The number of fused-ring (bicyclic) bond motifs is 1. The van der Waals surface area contributed by atoms with Crippen LogP contribution in [-0.2, 0) is 0 Å². The molecule has 0 amide bonds. The summed E-state index contributed by atoms with van der Waals surface area (Å²) >= 11 is 0. The minimum Gasteiger partial charge on any atom is -0.399 e. The van der Waals surface area contributed by atoms with Gasteiger partial charge < -0.3 is 11.5 Å². The molecule has 5 heteroatoms. The molecule has 0 aliphatic carbocycles. The molecule has 0 spiro atoms. The molecule has 0 aliphatic heterocycles. The van der Waals surface area contributed by atoms with Crippen molar-refractivity contribution in [3.05, 3.63) is 24.5 Å². The number of halogens is 1. The molecule has 0 saturated heterocycles. The van der Waals surface area contributed by atoms with E-state index in [0.717, 1.165) is 10.9 Å². The molecule has 2 rings (SSSR count). The third-order valence-corrected chi connectivity index (χ3v) is 1.69. The Morgan fingerprint density at radius 1 is 1.08 bits per heavy atom. The summed E-state index contributed by atoms with van der Waals surface area (Å²) in [6.07, 6.45) is 1.44. The van der Waals surface area contributed by atoms with E-state index in [1.54, 1.807) is 12.1 Å². The van der Waals surface area contributed by atoms with Gasteiger partial charge in [0, 0.05) is 11.1 Å². The zero-order valence-electron chi connectivity index (χ0n) is 6.77. The van der Waals surface area contributed by atoms with Crippen LogP contribution in [0.1, 0.15) is 0 Å². The molecule has 0 bridgehead atoms. The number of aromatic nitrogens is 2. The molecule has 0 aliphatic rings. The Balaban J connectivity index is 0.000000845. The standard InChI is InChI=1S/C8H8N4.ClH/c9-5-1-2-7-6(3-5)8(10)12-4-11-7;/h1-4H,9H2,(H2,10,11,12);1H. The van der Waals surface area contributed by atoms with E-state index in [-0.39, 0.29) is 12.4 Å². The second-order valence-corrected chi connectivity index (χ2v) is 2.54. The molecule has 1 aromatic heterocycles. The van der Waals surface area contributed by atoms with Gasteiger partial charge in [-0.2, -0.15) is 0 Å². The summed E-state index contributed by atoms with van der Waals surface area (Å²) in [4.78, 5) is 7.90. The first-order valence-corrected chi connectivity index (χ1v) is 3.53. The third-order valence-electron chi connectivity index (χ3n) is 1.69. The van der Waals surface area contributed by atoms with Gasteiger partial charge >= 0.3 is 0 Å². The predicted octanol–water partition coefficient (Wildman–Crippen LogP) is 1.22. The Bertz CT molecular complexity index is 429. The number of benzene rings is 1. The van der Waals surface area contributed by atoms with Gasteiger partial charge in [0.25, 0.3) is 0 Å². The molecule has 0 unspecified atom stereocenters. The quantitative estimate of drug-likeness (QED) is 0.621. The van der Waals surface area contributed by atoms with Crippen molar-refractivity contribution in [3.63, 3.8) is 0 Å². The van der Waals surface area contributed by atoms with E-state index in [4.69, 9.17) is 11.5 Å². The summed E-state index contributed by atoms with van der Waals surface area (Å²) < 4.78 is 0. The normalized spacial score (nSPS) is 9.54. The van der Waals surface area contributed by atoms with Crippen LogP contribution in [0.2, 0.25) is 0 Å². The highest BCUT2D eigenvalue weighted by Crippen LogP contribution is 2.18. The Labute approximate surface area is 81.4 Å². The molecule has 2 aromatic rings. The average molecular weight is 197 g/mol. The Morgan fingerprint density at radius 3 is 2.62 bits per heavy atom. The van der Waals surface area contributed by atoms with E-state index in [1.165, 1.54) is 6.33 Å². The Kier molecular flexibility index (Phi) is 2.53. The Morgan fingerprint density at radius 2 is 1.85 bits per heavy atom. The minimum absolute atomic E-state index is 0. The molecule has 4 nitrogen and oxygen atoms in total. The van der Waals surface area contributed by atoms with Crippen LogP contribution in [0.25, 0.3) is 10.9 Å². The fourth-order valence-corrected chi connectivity index (χ4v) is 1.09. The van der Waals surface area contributed by atoms with Crippen molar-refractivity contribution in [2.24, 2.45) is 0 Å². The molecular weight excluding hydrogens is 188 g/mol. The molecule has 1 aromatic carbocycles. The maximum absolute atomic E-state index is 5.62. The van der Waals surface area contributed by atoms with Crippen molar-refractivity contribution in [1.29, 1.82) is 0 Å². The second kappa shape index (κ2) is 3.45. The fourth-order valence-electron chi connectivity index (χ4n) is 1.09. The average Bonchev–Trinajstić information content (AvgIpc) is 2.07. The smallest absolute Gasteiger partial charge is 0.134 e. The van der Waals surface area contributed by atoms with E-state index in [2.05, 4.69) is 9.97 Å². The largest absolute Gasteiger partial charge is 0.399 e. The van der Waals surface area contributed by atoms with E-state index in [0.29, 0.717) is 11.5 Å². The number of rotatable bonds is 0. The first-order chi connectivity index (χ1) is 5.77. The van der Waals surface area contributed by atoms with Gasteiger partial charge in [-0.05, 0) is 18.2 Å². The fraction of sp³-hybridized carbons (Fsp3) is 0. The number of hydrogen-bond acceptors (Lipinski definition) is 4. The van der Waals surface area contributed by atoms with Gasteiger partial charge in [0.1, 0.15) is 12.1 Å². The maximum atomic E-state index is 5.62.